The van der Waals surface area contributed by atoms with Gasteiger partial charge in [0.2, 0.25) is 0 Å². The molecule has 94 valence electrons. The molecule has 3 rings (SSSR count). The molecule has 0 saturated carbocycles. The van der Waals surface area contributed by atoms with Crippen molar-refractivity contribution in [3.8, 4) is 0 Å². The molecule has 5 nitrogen and oxygen atoms in total. The van der Waals surface area contributed by atoms with Gasteiger partial charge >= 0.3 is 0 Å². The molecule has 2 heterocycles. The van der Waals surface area contributed by atoms with E-state index in [1.54, 1.807) is 23.3 Å². The third-order valence-corrected chi connectivity index (χ3v) is 2.78. The molecule has 0 spiro atoms. The van der Waals surface area contributed by atoms with Crippen molar-refractivity contribution in [1.29, 1.82) is 0 Å². The van der Waals surface area contributed by atoms with Crippen molar-refractivity contribution in [2.45, 2.75) is 0 Å². The number of hydrogen-bond donors (Lipinski definition) is 0. The fourth-order valence-corrected chi connectivity index (χ4v) is 1.91. The number of para-hydroxylation sites is 1. The van der Waals surface area contributed by atoms with Crippen molar-refractivity contribution in [1.82, 2.24) is 14.5 Å². The minimum atomic E-state index is 0.651. The molecule has 0 bridgehead atoms. The Morgan fingerprint density at radius 2 is 2.21 bits per heavy atom. The number of oxime groups is 1. The van der Waals surface area contributed by atoms with Gasteiger partial charge in [-0.3, -0.25) is 9.55 Å². The van der Waals surface area contributed by atoms with Gasteiger partial charge in [-0.2, -0.15) is 0 Å². The first kappa shape index (κ1) is 11.4. The number of benzene rings is 1. The second-order valence-electron chi connectivity index (χ2n) is 3.98. The van der Waals surface area contributed by atoms with Gasteiger partial charge in [0, 0.05) is 29.5 Å². The first-order valence-corrected chi connectivity index (χ1v) is 5.83. The van der Waals surface area contributed by atoms with E-state index in [1.165, 1.54) is 7.11 Å². The number of imidazole rings is 1. The van der Waals surface area contributed by atoms with E-state index in [4.69, 9.17) is 4.84 Å². The second-order valence-corrected chi connectivity index (χ2v) is 3.98. The van der Waals surface area contributed by atoms with Crippen LogP contribution in [0.15, 0.2) is 60.4 Å². The van der Waals surface area contributed by atoms with E-state index in [1.807, 2.05) is 36.5 Å². The maximum atomic E-state index is 4.91. The lowest BCUT2D eigenvalue weighted by molar-refractivity contribution is 0.212. The molecule has 0 saturated heterocycles. The largest absolute Gasteiger partial charge is 0.397 e. The van der Waals surface area contributed by atoms with Crippen LogP contribution in [0.4, 0.5) is 0 Å². The SMILES string of the molecule is CON=C(c1cnc2ccccc2c1)n1ccnc1. The first-order chi connectivity index (χ1) is 9.38. The summed E-state index contributed by atoms with van der Waals surface area (Å²) in [5.74, 6) is 0.651. The van der Waals surface area contributed by atoms with E-state index in [9.17, 15) is 0 Å². The normalized spacial score (nSPS) is 11.7. The molecule has 0 aliphatic rings. The molecule has 0 atom stereocenters. The van der Waals surface area contributed by atoms with E-state index in [-0.39, 0.29) is 0 Å². The van der Waals surface area contributed by atoms with Crippen molar-refractivity contribution in [2.75, 3.05) is 7.11 Å². The van der Waals surface area contributed by atoms with Gasteiger partial charge in [-0.05, 0) is 12.1 Å². The number of fused-ring (bicyclic) bond motifs is 1. The summed E-state index contributed by atoms with van der Waals surface area (Å²) in [5.41, 5.74) is 1.83. The van der Waals surface area contributed by atoms with Gasteiger partial charge in [-0.15, -0.1) is 0 Å². The predicted octanol–water partition coefficient (Wildman–Crippen LogP) is 2.29. The molecule has 0 amide bonds. The summed E-state index contributed by atoms with van der Waals surface area (Å²) in [4.78, 5) is 13.3. The Morgan fingerprint density at radius 3 is 3.00 bits per heavy atom. The van der Waals surface area contributed by atoms with Gasteiger partial charge in [0.25, 0.3) is 0 Å². The third-order valence-electron chi connectivity index (χ3n) is 2.78. The molecule has 19 heavy (non-hydrogen) atoms. The van der Waals surface area contributed by atoms with E-state index >= 15 is 0 Å². The molecular formula is C14H12N4O. The Labute approximate surface area is 110 Å². The average molecular weight is 252 g/mol. The molecule has 3 aromatic rings. The minimum Gasteiger partial charge on any atom is -0.397 e. The van der Waals surface area contributed by atoms with Crippen LogP contribution < -0.4 is 0 Å². The van der Waals surface area contributed by atoms with Crippen molar-refractivity contribution >= 4 is 16.7 Å². The highest BCUT2D eigenvalue weighted by atomic mass is 16.6. The van der Waals surface area contributed by atoms with Crippen LogP contribution in [0.25, 0.3) is 10.9 Å². The molecule has 0 N–H and O–H groups in total. The smallest absolute Gasteiger partial charge is 0.186 e. The van der Waals surface area contributed by atoms with Gasteiger partial charge in [0.15, 0.2) is 5.84 Å². The van der Waals surface area contributed by atoms with Crippen molar-refractivity contribution in [3.05, 3.63) is 60.8 Å². The fourth-order valence-electron chi connectivity index (χ4n) is 1.91. The summed E-state index contributed by atoms with van der Waals surface area (Å²) < 4.78 is 1.79. The van der Waals surface area contributed by atoms with Crippen LogP contribution in [0.3, 0.4) is 0 Å². The summed E-state index contributed by atoms with van der Waals surface area (Å²) in [6, 6.07) is 9.97. The highest BCUT2D eigenvalue weighted by molar-refractivity contribution is 6.02. The van der Waals surface area contributed by atoms with Crippen LogP contribution in [0.2, 0.25) is 0 Å². The summed E-state index contributed by atoms with van der Waals surface area (Å²) in [7, 11) is 1.52. The summed E-state index contributed by atoms with van der Waals surface area (Å²) in [6.07, 6.45) is 6.96. The maximum absolute atomic E-state index is 4.91. The maximum Gasteiger partial charge on any atom is 0.186 e. The van der Waals surface area contributed by atoms with Crippen LogP contribution in [-0.2, 0) is 4.84 Å². The van der Waals surface area contributed by atoms with E-state index in [2.05, 4.69) is 15.1 Å². The zero-order chi connectivity index (χ0) is 13.1. The molecule has 5 heteroatoms. The zero-order valence-electron chi connectivity index (χ0n) is 10.4. The zero-order valence-corrected chi connectivity index (χ0v) is 10.4. The van der Waals surface area contributed by atoms with Gasteiger partial charge < -0.3 is 4.84 Å². The second kappa shape index (κ2) is 4.89. The molecule has 0 aliphatic heterocycles. The van der Waals surface area contributed by atoms with Gasteiger partial charge in [-0.1, -0.05) is 23.4 Å². The van der Waals surface area contributed by atoms with Gasteiger partial charge in [0.05, 0.1) is 5.52 Å². The van der Waals surface area contributed by atoms with Crippen LogP contribution in [-0.4, -0.2) is 27.5 Å². The first-order valence-electron chi connectivity index (χ1n) is 5.83. The summed E-state index contributed by atoms with van der Waals surface area (Å²) >= 11 is 0. The van der Waals surface area contributed by atoms with Gasteiger partial charge in [-0.25, -0.2) is 4.98 Å². The predicted molar refractivity (Wildman–Crippen MR) is 72.9 cm³/mol. The van der Waals surface area contributed by atoms with Crippen molar-refractivity contribution in [3.63, 3.8) is 0 Å². The minimum absolute atomic E-state index is 0.651. The molecule has 0 fully saturated rings. The highest BCUT2D eigenvalue weighted by Crippen LogP contribution is 2.14. The topological polar surface area (TPSA) is 52.3 Å². The highest BCUT2D eigenvalue weighted by Gasteiger charge is 2.08. The van der Waals surface area contributed by atoms with Gasteiger partial charge in [0.1, 0.15) is 13.4 Å². The fraction of sp³-hybridized carbons (Fsp3) is 0.0714. The Hall–Kier alpha value is -2.69. The number of hydrogen-bond acceptors (Lipinski definition) is 4. The van der Waals surface area contributed by atoms with E-state index in [0.29, 0.717) is 5.84 Å². The molecule has 1 aromatic carbocycles. The molecule has 0 unspecified atom stereocenters. The Kier molecular flexibility index (Phi) is 2.94. The van der Waals surface area contributed by atoms with Crippen LogP contribution in [0.5, 0.6) is 0 Å². The Morgan fingerprint density at radius 1 is 1.32 bits per heavy atom. The lowest BCUT2D eigenvalue weighted by Gasteiger charge is -2.07. The molecule has 0 aliphatic carbocycles. The summed E-state index contributed by atoms with van der Waals surface area (Å²) in [5, 5.41) is 5.10. The molecule has 0 radical (unpaired) electrons. The van der Waals surface area contributed by atoms with Crippen LogP contribution >= 0.6 is 0 Å². The van der Waals surface area contributed by atoms with Crippen molar-refractivity contribution in [2.24, 2.45) is 5.16 Å². The molecular weight excluding hydrogens is 240 g/mol. The number of pyridine rings is 1. The Balaban J connectivity index is 2.13. The number of nitrogens with zero attached hydrogens (tertiary/aromatic N) is 4. The van der Waals surface area contributed by atoms with E-state index < -0.39 is 0 Å². The lowest BCUT2D eigenvalue weighted by atomic mass is 10.1. The third kappa shape index (κ3) is 2.18. The van der Waals surface area contributed by atoms with Crippen LogP contribution in [0, 0.1) is 0 Å². The summed E-state index contributed by atoms with van der Waals surface area (Å²) in [6.45, 7) is 0. The quantitative estimate of drug-likeness (QED) is 0.399. The monoisotopic (exact) mass is 252 g/mol. The lowest BCUT2D eigenvalue weighted by Crippen LogP contribution is -2.12. The number of rotatable bonds is 2. The standard InChI is InChI=1S/C14H12N4O/c1-19-17-14(18-7-6-15-10-18)12-8-11-4-2-3-5-13(11)16-9-12/h2-10H,1H3. The average Bonchev–Trinajstić information content (AvgIpc) is 2.98. The molecule has 2 aromatic heterocycles. The van der Waals surface area contributed by atoms with E-state index in [0.717, 1.165) is 16.5 Å². The van der Waals surface area contributed by atoms with Crippen LogP contribution in [0.1, 0.15) is 5.56 Å². The number of aromatic nitrogens is 3. The van der Waals surface area contributed by atoms with Crippen molar-refractivity contribution < 1.29 is 4.84 Å². The Bertz CT molecular complexity index is 719.